The van der Waals surface area contributed by atoms with Crippen LogP contribution in [0, 0.1) is 0 Å². The van der Waals surface area contributed by atoms with Crippen LogP contribution in [-0.2, 0) is 17.7 Å². The second kappa shape index (κ2) is 5.26. The maximum Gasteiger partial charge on any atom is 0.350 e. The van der Waals surface area contributed by atoms with Gasteiger partial charge in [0.05, 0.1) is 13.2 Å². The number of aromatic nitrogens is 3. The number of benzene rings is 1. The van der Waals surface area contributed by atoms with Crippen LogP contribution in [0.5, 0.6) is 0 Å². The molecule has 0 N–H and O–H groups in total. The van der Waals surface area contributed by atoms with Crippen molar-refractivity contribution in [1.82, 2.24) is 14.3 Å². The van der Waals surface area contributed by atoms with Crippen LogP contribution in [0.2, 0.25) is 5.02 Å². The number of ether oxygens (including phenoxy) is 1. The van der Waals surface area contributed by atoms with Crippen LogP contribution in [0.4, 0.5) is 0 Å². The molecule has 0 saturated heterocycles. The molecule has 0 atom stereocenters. The van der Waals surface area contributed by atoms with Crippen LogP contribution in [-0.4, -0.2) is 28.1 Å². The first kappa shape index (κ1) is 13.1. The van der Waals surface area contributed by atoms with Gasteiger partial charge in [0.25, 0.3) is 0 Å². The molecule has 2 heterocycles. The zero-order chi connectivity index (χ0) is 14.1. The molecule has 104 valence electrons. The minimum absolute atomic E-state index is 0.155. The van der Waals surface area contributed by atoms with E-state index >= 15 is 0 Å². The van der Waals surface area contributed by atoms with Gasteiger partial charge in [-0.25, -0.2) is 9.48 Å². The fourth-order valence-corrected chi connectivity index (χ4v) is 2.54. The van der Waals surface area contributed by atoms with Gasteiger partial charge in [0, 0.05) is 24.8 Å². The molecule has 6 heteroatoms. The van der Waals surface area contributed by atoms with Gasteiger partial charge in [-0.05, 0) is 23.3 Å². The first-order valence-electron chi connectivity index (χ1n) is 6.33. The summed E-state index contributed by atoms with van der Waals surface area (Å²) < 4.78 is 7.97. The zero-order valence-corrected chi connectivity index (χ0v) is 11.8. The molecule has 5 nitrogen and oxygen atoms in total. The Morgan fingerprint density at radius 3 is 3.10 bits per heavy atom. The summed E-state index contributed by atoms with van der Waals surface area (Å²) in [5, 5.41) is 5.06. The lowest BCUT2D eigenvalue weighted by Crippen LogP contribution is -2.24. The third-order valence-corrected chi connectivity index (χ3v) is 3.70. The number of nitrogens with zero attached hydrogens (tertiary/aromatic N) is 3. The molecule has 1 aliphatic heterocycles. The van der Waals surface area contributed by atoms with Crippen LogP contribution in [0.15, 0.2) is 23.0 Å². The van der Waals surface area contributed by atoms with Gasteiger partial charge >= 0.3 is 5.69 Å². The molecular formula is C14H14ClN3O2. The van der Waals surface area contributed by atoms with Crippen LogP contribution in [0.25, 0.3) is 12.3 Å². The van der Waals surface area contributed by atoms with Gasteiger partial charge in [0.15, 0.2) is 0 Å². The van der Waals surface area contributed by atoms with Crippen molar-refractivity contribution in [2.24, 2.45) is 0 Å². The van der Waals surface area contributed by atoms with E-state index in [9.17, 15) is 4.79 Å². The fraction of sp³-hybridized carbons (Fsp3) is 0.286. The number of hydrogen-bond acceptors (Lipinski definition) is 3. The molecule has 1 aliphatic rings. The molecule has 0 fully saturated rings. The predicted octanol–water partition coefficient (Wildman–Crippen LogP) is 1.88. The Balaban J connectivity index is 2.06. The Morgan fingerprint density at radius 1 is 1.45 bits per heavy atom. The lowest BCUT2D eigenvalue weighted by atomic mass is 10.0. The van der Waals surface area contributed by atoms with Crippen molar-refractivity contribution in [2.75, 3.05) is 13.7 Å². The molecule has 0 radical (unpaired) electrons. The molecule has 1 aromatic carbocycles. The highest BCUT2D eigenvalue weighted by atomic mass is 35.5. The molecule has 0 amide bonds. The summed E-state index contributed by atoms with van der Waals surface area (Å²) in [6.45, 7) is 0.899. The average molecular weight is 292 g/mol. The molecule has 20 heavy (non-hydrogen) atoms. The van der Waals surface area contributed by atoms with Gasteiger partial charge in [0.1, 0.15) is 5.82 Å². The predicted molar refractivity (Wildman–Crippen MR) is 77.8 cm³/mol. The maximum atomic E-state index is 12.2. The molecule has 2 aromatic rings. The summed E-state index contributed by atoms with van der Waals surface area (Å²) in [5.74, 6) is 0.689. The summed E-state index contributed by atoms with van der Waals surface area (Å²) in [5.41, 5.74) is 1.86. The number of rotatable bonds is 3. The van der Waals surface area contributed by atoms with Crippen molar-refractivity contribution in [3.05, 3.63) is 50.7 Å². The van der Waals surface area contributed by atoms with E-state index in [1.54, 1.807) is 17.9 Å². The standard InChI is InChI=1S/C14H14ClN3O2/c1-20-8-7-18-14(19)17-6-5-10-3-2-4-12(15)11(10)9-13(17)16-18/h2-6H,7-9H2,1H3. The first-order chi connectivity index (χ1) is 9.70. The summed E-state index contributed by atoms with van der Waals surface area (Å²) in [7, 11) is 1.60. The van der Waals surface area contributed by atoms with Crippen molar-refractivity contribution in [3.8, 4) is 0 Å². The number of halogens is 1. The highest BCUT2D eigenvalue weighted by Gasteiger charge is 2.17. The molecule has 0 saturated carbocycles. The van der Waals surface area contributed by atoms with Gasteiger partial charge in [-0.1, -0.05) is 23.7 Å². The van der Waals surface area contributed by atoms with Crippen molar-refractivity contribution in [1.29, 1.82) is 0 Å². The minimum atomic E-state index is -0.155. The summed E-state index contributed by atoms with van der Waals surface area (Å²) in [6, 6.07) is 5.73. The number of methoxy groups -OCH3 is 1. The smallest absolute Gasteiger partial charge is 0.350 e. The quantitative estimate of drug-likeness (QED) is 0.740. The van der Waals surface area contributed by atoms with E-state index < -0.39 is 0 Å². The van der Waals surface area contributed by atoms with Crippen molar-refractivity contribution < 1.29 is 4.74 Å². The molecular weight excluding hydrogens is 278 g/mol. The fourth-order valence-electron chi connectivity index (χ4n) is 2.29. The lowest BCUT2D eigenvalue weighted by Gasteiger charge is -2.05. The molecule has 3 rings (SSSR count). The Labute approximate surface area is 121 Å². The van der Waals surface area contributed by atoms with Gasteiger partial charge in [0.2, 0.25) is 0 Å². The Bertz CT molecular complexity index is 731. The van der Waals surface area contributed by atoms with E-state index in [4.69, 9.17) is 16.3 Å². The van der Waals surface area contributed by atoms with E-state index in [0.717, 1.165) is 11.1 Å². The van der Waals surface area contributed by atoms with Gasteiger partial charge in [-0.3, -0.25) is 4.57 Å². The SMILES string of the molecule is COCCn1nc2n(c1=O)C=Cc1cccc(Cl)c1C2. The maximum absolute atomic E-state index is 12.2. The van der Waals surface area contributed by atoms with Crippen LogP contribution >= 0.6 is 11.6 Å². The van der Waals surface area contributed by atoms with Crippen LogP contribution in [0.1, 0.15) is 17.0 Å². The Kier molecular flexibility index (Phi) is 3.46. The number of hydrogen-bond donors (Lipinski definition) is 0. The largest absolute Gasteiger partial charge is 0.383 e. The minimum Gasteiger partial charge on any atom is -0.383 e. The molecule has 1 aromatic heterocycles. The van der Waals surface area contributed by atoms with Crippen molar-refractivity contribution >= 4 is 23.9 Å². The topological polar surface area (TPSA) is 49.0 Å². The summed E-state index contributed by atoms with van der Waals surface area (Å²) >= 11 is 6.24. The number of fused-ring (bicyclic) bond motifs is 2. The summed E-state index contributed by atoms with van der Waals surface area (Å²) in [4.78, 5) is 12.2. The molecule has 0 unspecified atom stereocenters. The van der Waals surface area contributed by atoms with E-state index in [-0.39, 0.29) is 5.69 Å². The van der Waals surface area contributed by atoms with Crippen molar-refractivity contribution in [2.45, 2.75) is 13.0 Å². The van der Waals surface area contributed by atoms with E-state index in [0.29, 0.717) is 30.4 Å². The average Bonchev–Trinajstić information content (AvgIpc) is 2.62. The molecule has 0 spiro atoms. The van der Waals surface area contributed by atoms with Gasteiger partial charge in [-0.2, -0.15) is 5.10 Å². The second-order valence-electron chi connectivity index (χ2n) is 4.58. The van der Waals surface area contributed by atoms with Gasteiger partial charge in [-0.15, -0.1) is 0 Å². The third-order valence-electron chi connectivity index (χ3n) is 3.34. The Morgan fingerprint density at radius 2 is 2.30 bits per heavy atom. The highest BCUT2D eigenvalue weighted by molar-refractivity contribution is 6.31. The second-order valence-corrected chi connectivity index (χ2v) is 4.99. The highest BCUT2D eigenvalue weighted by Crippen LogP contribution is 2.25. The normalized spacial score (nSPS) is 12.9. The third kappa shape index (κ3) is 2.19. The van der Waals surface area contributed by atoms with E-state index in [1.807, 2.05) is 24.3 Å². The van der Waals surface area contributed by atoms with Crippen LogP contribution in [0.3, 0.4) is 0 Å². The van der Waals surface area contributed by atoms with Crippen LogP contribution < -0.4 is 5.69 Å². The molecule has 0 aliphatic carbocycles. The van der Waals surface area contributed by atoms with Crippen molar-refractivity contribution in [3.63, 3.8) is 0 Å². The monoisotopic (exact) mass is 291 g/mol. The van der Waals surface area contributed by atoms with E-state index in [1.165, 1.54) is 4.68 Å². The van der Waals surface area contributed by atoms with E-state index in [2.05, 4.69) is 5.10 Å². The lowest BCUT2D eigenvalue weighted by molar-refractivity contribution is 0.182. The molecule has 0 bridgehead atoms. The van der Waals surface area contributed by atoms with Gasteiger partial charge < -0.3 is 4.74 Å². The summed E-state index contributed by atoms with van der Waals surface area (Å²) in [6.07, 6.45) is 4.18. The Hall–Kier alpha value is -1.85. The zero-order valence-electron chi connectivity index (χ0n) is 11.0. The first-order valence-corrected chi connectivity index (χ1v) is 6.71.